The zero-order chi connectivity index (χ0) is 13.6. The molecule has 0 aliphatic heterocycles. The zero-order valence-electron chi connectivity index (χ0n) is 11.0. The van der Waals surface area contributed by atoms with Crippen molar-refractivity contribution in [1.29, 1.82) is 5.26 Å². The average Bonchev–Trinajstić information content (AvgIpc) is 2.43. The fraction of sp³-hybridized carbons (Fsp3) is 0.429. The van der Waals surface area contributed by atoms with Crippen molar-refractivity contribution in [2.75, 3.05) is 7.11 Å². The Morgan fingerprint density at radius 3 is 2.83 bits per heavy atom. The van der Waals surface area contributed by atoms with Crippen molar-refractivity contribution in [2.24, 2.45) is 0 Å². The van der Waals surface area contributed by atoms with E-state index in [-0.39, 0.29) is 5.91 Å². The molecule has 0 aliphatic carbocycles. The van der Waals surface area contributed by atoms with Crippen LogP contribution in [0.2, 0.25) is 0 Å². The molecule has 0 aliphatic rings. The van der Waals surface area contributed by atoms with Gasteiger partial charge < -0.3 is 10.1 Å². The Labute approximate surface area is 108 Å². The van der Waals surface area contributed by atoms with Crippen LogP contribution in [-0.4, -0.2) is 18.6 Å². The molecule has 1 N–H and O–H groups in total. The van der Waals surface area contributed by atoms with Crippen molar-refractivity contribution < 1.29 is 9.53 Å². The molecule has 1 unspecified atom stereocenters. The molecular formula is C14H18N2O2. The molecule has 96 valence electrons. The number of benzene rings is 1. The molecule has 18 heavy (non-hydrogen) atoms. The van der Waals surface area contributed by atoms with Crippen molar-refractivity contribution in [2.45, 2.75) is 32.4 Å². The summed E-state index contributed by atoms with van der Waals surface area (Å²) >= 11 is 0. The SMILES string of the molecule is CCC(C)(OC)C(=O)NCc1cccc(C#N)c1. The maximum atomic E-state index is 12.0. The summed E-state index contributed by atoms with van der Waals surface area (Å²) < 4.78 is 5.22. The minimum Gasteiger partial charge on any atom is -0.369 e. The Kier molecular flexibility index (Phi) is 4.87. The van der Waals surface area contributed by atoms with Gasteiger partial charge in [0, 0.05) is 13.7 Å². The number of nitriles is 1. The zero-order valence-corrected chi connectivity index (χ0v) is 11.0. The van der Waals surface area contributed by atoms with E-state index in [0.717, 1.165) is 5.56 Å². The molecule has 0 fully saturated rings. The number of nitrogens with zero attached hydrogens (tertiary/aromatic N) is 1. The number of rotatable bonds is 5. The highest BCUT2D eigenvalue weighted by Crippen LogP contribution is 2.14. The highest BCUT2D eigenvalue weighted by atomic mass is 16.5. The van der Waals surface area contributed by atoms with Crippen LogP contribution in [0.25, 0.3) is 0 Å². The number of carbonyl (C=O) groups excluding carboxylic acids is 1. The van der Waals surface area contributed by atoms with Gasteiger partial charge in [-0.1, -0.05) is 19.1 Å². The summed E-state index contributed by atoms with van der Waals surface area (Å²) in [6, 6.07) is 9.24. The van der Waals surface area contributed by atoms with Crippen molar-refractivity contribution in [3.63, 3.8) is 0 Å². The number of nitrogens with one attached hydrogen (secondary N) is 1. The Hall–Kier alpha value is -1.86. The van der Waals surface area contributed by atoms with Gasteiger partial charge in [-0.15, -0.1) is 0 Å². The first-order valence-electron chi connectivity index (χ1n) is 5.88. The monoisotopic (exact) mass is 246 g/mol. The molecule has 0 radical (unpaired) electrons. The third-order valence-corrected chi connectivity index (χ3v) is 3.11. The molecular weight excluding hydrogens is 228 g/mol. The van der Waals surface area contributed by atoms with E-state index in [4.69, 9.17) is 10.00 Å². The van der Waals surface area contributed by atoms with E-state index in [1.807, 2.05) is 13.0 Å². The summed E-state index contributed by atoms with van der Waals surface area (Å²) in [7, 11) is 1.53. The normalized spacial score (nSPS) is 13.4. The smallest absolute Gasteiger partial charge is 0.252 e. The van der Waals surface area contributed by atoms with Crippen LogP contribution in [0.4, 0.5) is 0 Å². The van der Waals surface area contributed by atoms with Gasteiger partial charge in [0.1, 0.15) is 5.60 Å². The van der Waals surface area contributed by atoms with Gasteiger partial charge in [0.05, 0.1) is 11.6 Å². The molecule has 0 aromatic heterocycles. The maximum absolute atomic E-state index is 12.0. The number of hydrogen-bond acceptors (Lipinski definition) is 3. The van der Waals surface area contributed by atoms with Crippen LogP contribution >= 0.6 is 0 Å². The Bertz CT molecular complexity index is 459. The molecule has 1 amide bonds. The molecule has 1 aromatic carbocycles. The molecule has 1 rings (SSSR count). The standard InChI is InChI=1S/C14H18N2O2/c1-4-14(2,18-3)13(17)16-10-12-7-5-6-11(8-12)9-15/h5-8H,4,10H2,1-3H3,(H,16,17). The van der Waals surface area contributed by atoms with E-state index in [1.165, 1.54) is 7.11 Å². The molecule has 0 saturated heterocycles. The van der Waals surface area contributed by atoms with Crippen LogP contribution in [0, 0.1) is 11.3 Å². The second-order valence-corrected chi connectivity index (χ2v) is 4.28. The van der Waals surface area contributed by atoms with E-state index < -0.39 is 5.60 Å². The van der Waals surface area contributed by atoms with Gasteiger partial charge in [-0.3, -0.25) is 4.79 Å². The van der Waals surface area contributed by atoms with Crippen LogP contribution in [0.3, 0.4) is 0 Å². The van der Waals surface area contributed by atoms with Crippen LogP contribution in [0.1, 0.15) is 31.4 Å². The predicted molar refractivity (Wildman–Crippen MR) is 68.7 cm³/mol. The second-order valence-electron chi connectivity index (χ2n) is 4.28. The van der Waals surface area contributed by atoms with E-state index >= 15 is 0 Å². The number of methoxy groups -OCH3 is 1. The lowest BCUT2D eigenvalue weighted by atomic mass is 10.0. The topological polar surface area (TPSA) is 62.1 Å². The lowest BCUT2D eigenvalue weighted by Crippen LogP contribution is -2.45. The minimum atomic E-state index is -0.799. The fourth-order valence-corrected chi connectivity index (χ4v) is 1.52. The van der Waals surface area contributed by atoms with E-state index in [9.17, 15) is 4.79 Å². The first-order chi connectivity index (χ1) is 8.55. The number of ether oxygens (including phenoxy) is 1. The maximum Gasteiger partial charge on any atom is 0.252 e. The van der Waals surface area contributed by atoms with Gasteiger partial charge in [0.15, 0.2) is 0 Å². The van der Waals surface area contributed by atoms with Gasteiger partial charge >= 0.3 is 0 Å². The first kappa shape index (κ1) is 14.2. The Morgan fingerprint density at radius 2 is 2.28 bits per heavy atom. The van der Waals surface area contributed by atoms with E-state index in [1.54, 1.807) is 25.1 Å². The van der Waals surface area contributed by atoms with Crippen LogP contribution in [0.5, 0.6) is 0 Å². The Morgan fingerprint density at radius 1 is 1.56 bits per heavy atom. The van der Waals surface area contributed by atoms with E-state index in [2.05, 4.69) is 11.4 Å². The lowest BCUT2D eigenvalue weighted by molar-refractivity contribution is -0.142. The molecule has 4 nitrogen and oxygen atoms in total. The second kappa shape index (κ2) is 6.18. The van der Waals surface area contributed by atoms with Gasteiger partial charge in [-0.25, -0.2) is 0 Å². The van der Waals surface area contributed by atoms with Gasteiger partial charge in [-0.2, -0.15) is 5.26 Å². The average molecular weight is 246 g/mol. The van der Waals surface area contributed by atoms with E-state index in [0.29, 0.717) is 18.5 Å². The first-order valence-corrected chi connectivity index (χ1v) is 5.88. The molecule has 0 bridgehead atoms. The summed E-state index contributed by atoms with van der Waals surface area (Å²) in [6.07, 6.45) is 0.605. The highest BCUT2D eigenvalue weighted by Gasteiger charge is 2.30. The summed E-state index contributed by atoms with van der Waals surface area (Å²) in [5.41, 5.74) is 0.691. The minimum absolute atomic E-state index is 0.144. The molecule has 0 saturated carbocycles. The van der Waals surface area contributed by atoms with Crippen LogP contribution in [-0.2, 0) is 16.1 Å². The van der Waals surface area contributed by atoms with Gasteiger partial charge in [0.2, 0.25) is 0 Å². The van der Waals surface area contributed by atoms with Crippen molar-refractivity contribution >= 4 is 5.91 Å². The number of carbonyl (C=O) groups is 1. The Balaban J connectivity index is 2.65. The molecule has 4 heteroatoms. The highest BCUT2D eigenvalue weighted by molar-refractivity contribution is 5.84. The summed E-state index contributed by atoms with van der Waals surface area (Å²) in [6.45, 7) is 4.06. The van der Waals surface area contributed by atoms with Crippen molar-refractivity contribution in [3.05, 3.63) is 35.4 Å². The van der Waals surface area contributed by atoms with Crippen molar-refractivity contribution in [1.82, 2.24) is 5.32 Å². The largest absolute Gasteiger partial charge is 0.369 e. The molecule has 0 heterocycles. The molecule has 0 spiro atoms. The molecule has 1 aromatic rings. The summed E-state index contributed by atoms with van der Waals surface area (Å²) in [5, 5.41) is 11.6. The van der Waals surface area contributed by atoms with Gasteiger partial charge in [0.25, 0.3) is 5.91 Å². The summed E-state index contributed by atoms with van der Waals surface area (Å²) in [4.78, 5) is 12.0. The number of hydrogen-bond donors (Lipinski definition) is 1. The fourth-order valence-electron chi connectivity index (χ4n) is 1.52. The third kappa shape index (κ3) is 3.31. The predicted octanol–water partition coefficient (Wildman–Crippen LogP) is 1.99. The summed E-state index contributed by atoms with van der Waals surface area (Å²) in [5.74, 6) is -0.144. The molecule has 1 atom stereocenters. The number of amides is 1. The van der Waals surface area contributed by atoms with Crippen molar-refractivity contribution in [3.8, 4) is 6.07 Å². The van der Waals surface area contributed by atoms with Gasteiger partial charge in [-0.05, 0) is 31.0 Å². The van der Waals surface area contributed by atoms with Crippen LogP contribution in [0.15, 0.2) is 24.3 Å². The lowest BCUT2D eigenvalue weighted by Gasteiger charge is -2.25. The quantitative estimate of drug-likeness (QED) is 0.864. The van der Waals surface area contributed by atoms with Crippen LogP contribution < -0.4 is 5.32 Å². The third-order valence-electron chi connectivity index (χ3n) is 3.11.